The van der Waals surface area contributed by atoms with Crippen LogP contribution in [0.4, 0.5) is 0 Å². The van der Waals surface area contributed by atoms with E-state index in [1.54, 1.807) is 0 Å². The maximum absolute atomic E-state index is 12.0. The zero-order chi connectivity index (χ0) is 34.0. The third-order valence-corrected chi connectivity index (χ3v) is 7.17. The van der Waals surface area contributed by atoms with Crippen LogP contribution in [0, 0.1) is 6.92 Å². The minimum atomic E-state index is -0.230. The van der Waals surface area contributed by atoms with E-state index < -0.39 is 0 Å². The third kappa shape index (κ3) is 27.3. The van der Waals surface area contributed by atoms with Crippen LogP contribution in [0.3, 0.4) is 0 Å². The van der Waals surface area contributed by atoms with E-state index in [1.807, 2.05) is 25.1 Å². The summed E-state index contributed by atoms with van der Waals surface area (Å²) in [5.74, 6) is 0.884. The summed E-state index contributed by atoms with van der Waals surface area (Å²) >= 11 is 0. The zero-order valence-corrected chi connectivity index (χ0v) is 29.7. The minimum Gasteiger partial charge on any atom is -0.490 e. The van der Waals surface area contributed by atoms with E-state index in [9.17, 15) is 9.59 Å². The largest absolute Gasteiger partial charge is 0.490 e. The quantitative estimate of drug-likeness (QED) is 0.0544. The lowest BCUT2D eigenvalue weighted by Crippen LogP contribution is -2.13. The van der Waals surface area contributed by atoms with E-state index in [1.165, 1.54) is 38.5 Å². The van der Waals surface area contributed by atoms with Gasteiger partial charge in [0.1, 0.15) is 13.2 Å². The summed E-state index contributed by atoms with van der Waals surface area (Å²) in [6.45, 7) is 12.3. The molecule has 0 spiro atoms. The van der Waals surface area contributed by atoms with Crippen LogP contribution in [0.25, 0.3) is 0 Å². The number of carbonyl (C=O) groups excluding carboxylic acids is 2. The Labute approximate surface area is 284 Å². The standard InChI is InChI=1S/C37H64O10/c1-4-6-8-12-20-40-24-26-42-28-30-46-36(38)16-10-14-22-44-34-19-18-33(3)32-35(34)45-23-15-11-17-37(39)47-31-29-43-27-25-41-21-13-9-7-5-2/h18-19,32H,4-17,20-31H2,1-3H3. The van der Waals surface area contributed by atoms with Crippen molar-refractivity contribution < 1.29 is 47.5 Å². The van der Waals surface area contributed by atoms with Gasteiger partial charge in [-0.3, -0.25) is 9.59 Å². The van der Waals surface area contributed by atoms with Gasteiger partial charge in [0.2, 0.25) is 0 Å². The molecule has 0 heterocycles. The second kappa shape index (κ2) is 32.2. The van der Waals surface area contributed by atoms with Crippen LogP contribution in [0.2, 0.25) is 0 Å². The molecule has 0 bridgehead atoms. The van der Waals surface area contributed by atoms with Crippen LogP contribution < -0.4 is 9.47 Å². The smallest absolute Gasteiger partial charge is 0.305 e. The molecule has 0 aliphatic heterocycles. The molecule has 0 aromatic heterocycles. The number of ether oxygens (including phenoxy) is 8. The van der Waals surface area contributed by atoms with Gasteiger partial charge in [-0.05, 0) is 63.1 Å². The fourth-order valence-electron chi connectivity index (χ4n) is 4.43. The Hall–Kier alpha value is -2.40. The third-order valence-electron chi connectivity index (χ3n) is 7.17. The van der Waals surface area contributed by atoms with Crippen LogP contribution in [0.5, 0.6) is 11.5 Å². The molecule has 10 nitrogen and oxygen atoms in total. The highest BCUT2D eigenvalue weighted by Crippen LogP contribution is 2.28. The number of aryl methyl sites for hydroxylation is 1. The van der Waals surface area contributed by atoms with Gasteiger partial charge >= 0.3 is 11.9 Å². The molecule has 0 N–H and O–H groups in total. The lowest BCUT2D eigenvalue weighted by Gasteiger charge is -2.13. The molecule has 0 fully saturated rings. The van der Waals surface area contributed by atoms with Crippen molar-refractivity contribution in [3.63, 3.8) is 0 Å². The molecule has 10 heteroatoms. The van der Waals surface area contributed by atoms with Gasteiger partial charge in [-0.1, -0.05) is 58.4 Å². The van der Waals surface area contributed by atoms with E-state index in [2.05, 4.69) is 13.8 Å². The number of benzene rings is 1. The second-order valence-corrected chi connectivity index (χ2v) is 11.6. The highest BCUT2D eigenvalue weighted by atomic mass is 16.6. The Bertz CT molecular complexity index is 879. The summed E-state index contributed by atoms with van der Waals surface area (Å²) < 4.78 is 44.3. The average molecular weight is 669 g/mol. The van der Waals surface area contributed by atoms with Crippen molar-refractivity contribution in [2.75, 3.05) is 79.3 Å². The summed E-state index contributed by atoms with van der Waals surface area (Å²) in [6.07, 6.45) is 13.0. The van der Waals surface area contributed by atoms with E-state index in [0.717, 1.165) is 31.6 Å². The van der Waals surface area contributed by atoms with Gasteiger partial charge in [0.15, 0.2) is 11.5 Å². The van der Waals surface area contributed by atoms with Crippen molar-refractivity contribution in [3.05, 3.63) is 23.8 Å². The first-order chi connectivity index (χ1) is 23.1. The summed E-state index contributed by atoms with van der Waals surface area (Å²) in [7, 11) is 0. The molecule has 0 atom stereocenters. The predicted molar refractivity (Wildman–Crippen MR) is 183 cm³/mol. The minimum absolute atomic E-state index is 0.230. The first kappa shape index (κ1) is 42.6. The molecule has 0 amide bonds. The van der Waals surface area contributed by atoms with Crippen molar-refractivity contribution in [1.29, 1.82) is 0 Å². The van der Waals surface area contributed by atoms with Crippen molar-refractivity contribution >= 4 is 11.9 Å². The van der Waals surface area contributed by atoms with Gasteiger partial charge in [-0.2, -0.15) is 0 Å². The SMILES string of the molecule is CCCCCCOCCOCCOC(=O)CCCCOc1ccc(C)cc1OCCCCC(=O)OCCOCCOCCCCCC. The van der Waals surface area contributed by atoms with Gasteiger partial charge in [-0.25, -0.2) is 0 Å². The first-order valence-corrected chi connectivity index (χ1v) is 18.0. The van der Waals surface area contributed by atoms with E-state index in [-0.39, 0.29) is 25.2 Å². The van der Waals surface area contributed by atoms with E-state index >= 15 is 0 Å². The zero-order valence-electron chi connectivity index (χ0n) is 29.7. The Balaban J connectivity index is 2.04. The maximum Gasteiger partial charge on any atom is 0.305 e. The molecule has 0 unspecified atom stereocenters. The van der Waals surface area contributed by atoms with Crippen LogP contribution in [0.15, 0.2) is 18.2 Å². The Morgan fingerprint density at radius 1 is 0.468 bits per heavy atom. The molecule has 0 aliphatic carbocycles. The van der Waals surface area contributed by atoms with Crippen LogP contribution in [0.1, 0.15) is 109 Å². The summed E-state index contributed by atoms with van der Waals surface area (Å²) in [4.78, 5) is 24.0. The van der Waals surface area contributed by atoms with Gasteiger partial charge in [-0.15, -0.1) is 0 Å². The summed E-state index contributed by atoms with van der Waals surface area (Å²) in [5.41, 5.74) is 1.07. The van der Waals surface area contributed by atoms with Crippen molar-refractivity contribution in [2.24, 2.45) is 0 Å². The van der Waals surface area contributed by atoms with Crippen molar-refractivity contribution in [1.82, 2.24) is 0 Å². The monoisotopic (exact) mass is 668 g/mol. The number of unbranched alkanes of at least 4 members (excludes halogenated alkanes) is 8. The highest BCUT2D eigenvalue weighted by molar-refractivity contribution is 5.69. The van der Waals surface area contributed by atoms with E-state index in [4.69, 9.17) is 37.9 Å². The van der Waals surface area contributed by atoms with Crippen LogP contribution in [-0.2, 0) is 38.0 Å². The normalized spacial score (nSPS) is 11.0. The lowest BCUT2D eigenvalue weighted by atomic mass is 10.2. The van der Waals surface area contributed by atoms with Gasteiger partial charge in [0.25, 0.3) is 0 Å². The van der Waals surface area contributed by atoms with Gasteiger partial charge in [0.05, 0.1) is 52.9 Å². The molecule has 1 aromatic rings. The van der Waals surface area contributed by atoms with Crippen LogP contribution in [-0.4, -0.2) is 91.2 Å². The molecule has 272 valence electrons. The van der Waals surface area contributed by atoms with Gasteiger partial charge in [0, 0.05) is 26.1 Å². The second-order valence-electron chi connectivity index (χ2n) is 11.6. The average Bonchev–Trinajstić information content (AvgIpc) is 3.06. The number of carbonyl (C=O) groups is 2. The Morgan fingerprint density at radius 2 is 0.894 bits per heavy atom. The topological polar surface area (TPSA) is 108 Å². The Morgan fingerprint density at radius 3 is 1.38 bits per heavy atom. The highest BCUT2D eigenvalue weighted by Gasteiger charge is 2.08. The molecule has 1 rings (SSSR count). The molecule has 0 radical (unpaired) electrons. The van der Waals surface area contributed by atoms with Crippen LogP contribution >= 0.6 is 0 Å². The molecular weight excluding hydrogens is 604 g/mol. The van der Waals surface area contributed by atoms with Gasteiger partial charge < -0.3 is 37.9 Å². The fourth-order valence-corrected chi connectivity index (χ4v) is 4.43. The molecule has 0 saturated heterocycles. The number of hydrogen-bond donors (Lipinski definition) is 0. The fraction of sp³-hybridized carbons (Fsp3) is 0.784. The molecule has 0 aliphatic rings. The van der Waals surface area contributed by atoms with Crippen molar-refractivity contribution in [2.45, 2.75) is 111 Å². The number of esters is 2. The predicted octanol–water partition coefficient (Wildman–Crippen LogP) is 7.41. The molecule has 0 saturated carbocycles. The maximum atomic E-state index is 12.0. The molecule has 47 heavy (non-hydrogen) atoms. The number of rotatable bonds is 34. The summed E-state index contributed by atoms with van der Waals surface area (Å²) in [6, 6.07) is 5.82. The Kier molecular flexibility index (Phi) is 29.2. The van der Waals surface area contributed by atoms with Crippen molar-refractivity contribution in [3.8, 4) is 11.5 Å². The number of hydrogen-bond acceptors (Lipinski definition) is 10. The van der Waals surface area contributed by atoms with E-state index in [0.29, 0.717) is 103 Å². The summed E-state index contributed by atoms with van der Waals surface area (Å²) in [5, 5.41) is 0. The molecule has 1 aromatic carbocycles. The lowest BCUT2D eigenvalue weighted by molar-refractivity contribution is -0.146. The molecular formula is C37H64O10. The first-order valence-electron chi connectivity index (χ1n) is 18.0.